The first-order valence-corrected chi connectivity index (χ1v) is 10.1. The Bertz CT molecular complexity index is 1240. The van der Waals surface area contributed by atoms with Gasteiger partial charge in [0.05, 0.1) is 12.2 Å². The van der Waals surface area contributed by atoms with Gasteiger partial charge in [0.1, 0.15) is 23.0 Å². The SMILES string of the molecule is CN1CC[C@@H](F)C1.Cc1nc2ccc(-c3ccn4nc(N)nc(N)c34)nc2n1CC(F)F. The van der Waals surface area contributed by atoms with Crippen LogP contribution in [0.2, 0.25) is 0 Å². The van der Waals surface area contributed by atoms with E-state index in [4.69, 9.17) is 11.5 Å². The number of rotatable bonds is 3. The Labute approximate surface area is 181 Å². The van der Waals surface area contributed by atoms with Crippen LogP contribution in [0.1, 0.15) is 12.2 Å². The molecule has 1 aliphatic heterocycles. The largest absolute Gasteiger partial charge is 0.382 e. The molecule has 4 N–H and O–H groups in total. The molecule has 32 heavy (non-hydrogen) atoms. The number of alkyl halides is 3. The smallest absolute Gasteiger partial charge is 0.256 e. The quantitative estimate of drug-likeness (QED) is 0.496. The van der Waals surface area contributed by atoms with Crippen LogP contribution in [0.15, 0.2) is 24.4 Å². The van der Waals surface area contributed by atoms with Gasteiger partial charge in [-0.05, 0) is 38.6 Å². The second-order valence-corrected chi connectivity index (χ2v) is 7.73. The molecule has 12 heteroatoms. The monoisotopic (exact) mass is 447 g/mol. The number of nitrogens with zero attached hydrogens (tertiary/aromatic N) is 7. The number of pyridine rings is 1. The second kappa shape index (κ2) is 8.61. The first kappa shape index (κ1) is 21.8. The molecule has 4 aromatic heterocycles. The first-order valence-electron chi connectivity index (χ1n) is 10.1. The summed E-state index contributed by atoms with van der Waals surface area (Å²) in [6.45, 7) is 2.78. The number of aromatic nitrogens is 6. The van der Waals surface area contributed by atoms with Crippen molar-refractivity contribution < 1.29 is 13.2 Å². The number of nitrogen functional groups attached to an aromatic ring is 2. The third kappa shape index (κ3) is 4.31. The summed E-state index contributed by atoms with van der Waals surface area (Å²) < 4.78 is 40.8. The van der Waals surface area contributed by atoms with E-state index in [1.807, 2.05) is 11.9 Å². The van der Waals surface area contributed by atoms with Gasteiger partial charge in [0.25, 0.3) is 6.43 Å². The van der Waals surface area contributed by atoms with Gasteiger partial charge < -0.3 is 20.9 Å². The highest BCUT2D eigenvalue weighted by atomic mass is 19.3. The number of hydrogen-bond acceptors (Lipinski definition) is 7. The molecule has 170 valence electrons. The molecule has 0 amide bonds. The third-order valence-electron chi connectivity index (χ3n) is 5.27. The van der Waals surface area contributed by atoms with Gasteiger partial charge in [-0.3, -0.25) is 0 Å². The number of nitrogens with two attached hydrogens (primary N) is 2. The van der Waals surface area contributed by atoms with E-state index in [1.54, 1.807) is 31.3 Å². The average molecular weight is 447 g/mol. The van der Waals surface area contributed by atoms with Crippen LogP contribution in [-0.4, -0.2) is 66.8 Å². The summed E-state index contributed by atoms with van der Waals surface area (Å²) >= 11 is 0. The molecule has 0 bridgehead atoms. The van der Waals surface area contributed by atoms with E-state index < -0.39 is 19.1 Å². The summed E-state index contributed by atoms with van der Waals surface area (Å²) in [5.41, 5.74) is 14.3. The number of anilines is 2. The van der Waals surface area contributed by atoms with Crippen molar-refractivity contribution >= 4 is 28.4 Å². The minimum absolute atomic E-state index is 0.0567. The molecule has 1 atom stereocenters. The van der Waals surface area contributed by atoms with E-state index in [2.05, 4.69) is 20.1 Å². The highest BCUT2D eigenvalue weighted by Gasteiger charge is 2.18. The first-order chi connectivity index (χ1) is 15.2. The predicted molar refractivity (Wildman–Crippen MR) is 116 cm³/mol. The molecule has 9 nitrogen and oxygen atoms in total. The highest BCUT2D eigenvalue weighted by Crippen LogP contribution is 2.29. The zero-order valence-electron chi connectivity index (χ0n) is 17.7. The van der Waals surface area contributed by atoms with E-state index >= 15 is 0 Å². The summed E-state index contributed by atoms with van der Waals surface area (Å²) in [6.07, 6.45) is -0.628. The standard InChI is InChI=1S/C15H14F2N8.C5H10FN/c1-7-20-10-3-2-9(21-14(10)24(7)6-11(16)17)8-4-5-25-12(8)13(18)22-15(19)23-25;1-7-3-2-5(6)4-7/h2-5,11H,6H2,1H3,(H4,18,19,22,23);5H,2-4H2,1H3/t;5-/m.1/s1. The fourth-order valence-electron chi connectivity index (χ4n) is 3.78. The molecule has 0 spiro atoms. The van der Waals surface area contributed by atoms with Gasteiger partial charge in [0.2, 0.25) is 5.95 Å². The van der Waals surface area contributed by atoms with Crippen LogP contribution in [0.5, 0.6) is 0 Å². The van der Waals surface area contributed by atoms with Crippen LogP contribution in [0.25, 0.3) is 27.9 Å². The molecule has 4 aromatic rings. The Morgan fingerprint density at radius 3 is 2.56 bits per heavy atom. The van der Waals surface area contributed by atoms with Crippen LogP contribution in [0.3, 0.4) is 0 Å². The summed E-state index contributed by atoms with van der Waals surface area (Å²) in [5, 5.41) is 4.06. The minimum Gasteiger partial charge on any atom is -0.382 e. The molecule has 5 rings (SSSR count). The zero-order chi connectivity index (χ0) is 23.0. The lowest BCUT2D eigenvalue weighted by Crippen LogP contribution is -2.13. The number of fused-ring (bicyclic) bond motifs is 2. The van der Waals surface area contributed by atoms with Crippen LogP contribution in [0.4, 0.5) is 24.9 Å². The Morgan fingerprint density at radius 1 is 1.16 bits per heavy atom. The number of imidazole rings is 1. The van der Waals surface area contributed by atoms with E-state index in [0.29, 0.717) is 40.3 Å². The maximum absolute atomic E-state index is 12.9. The summed E-state index contributed by atoms with van der Waals surface area (Å²) in [7, 11) is 1.94. The molecular weight excluding hydrogens is 423 g/mol. The molecule has 5 heterocycles. The van der Waals surface area contributed by atoms with Gasteiger partial charge in [-0.15, -0.1) is 5.10 Å². The minimum atomic E-state index is -2.50. The summed E-state index contributed by atoms with van der Waals surface area (Å²) in [5.74, 6) is 0.755. The molecule has 0 saturated carbocycles. The maximum atomic E-state index is 12.9. The van der Waals surface area contributed by atoms with Gasteiger partial charge in [0.15, 0.2) is 11.5 Å². The van der Waals surface area contributed by atoms with Gasteiger partial charge >= 0.3 is 0 Å². The number of halogens is 3. The van der Waals surface area contributed by atoms with Gasteiger partial charge in [-0.1, -0.05) is 0 Å². The Kier molecular flexibility index (Phi) is 5.87. The third-order valence-corrected chi connectivity index (χ3v) is 5.27. The number of aryl methyl sites for hydroxylation is 1. The zero-order valence-corrected chi connectivity index (χ0v) is 17.7. The van der Waals surface area contributed by atoms with E-state index in [-0.39, 0.29) is 11.8 Å². The van der Waals surface area contributed by atoms with Crippen LogP contribution in [-0.2, 0) is 6.54 Å². The lowest BCUT2D eigenvalue weighted by Gasteiger charge is -2.06. The second-order valence-electron chi connectivity index (χ2n) is 7.73. The topological polar surface area (TPSA) is 116 Å². The molecule has 0 aromatic carbocycles. The van der Waals surface area contributed by atoms with Gasteiger partial charge in [-0.25, -0.2) is 27.7 Å². The molecular formula is C20H24F3N9. The maximum Gasteiger partial charge on any atom is 0.256 e. The van der Waals surface area contributed by atoms with Crippen molar-refractivity contribution in [2.24, 2.45) is 0 Å². The van der Waals surface area contributed by atoms with Crippen molar-refractivity contribution in [3.63, 3.8) is 0 Å². The fourth-order valence-corrected chi connectivity index (χ4v) is 3.78. The van der Waals surface area contributed by atoms with Crippen molar-refractivity contribution in [3.05, 3.63) is 30.2 Å². The van der Waals surface area contributed by atoms with Gasteiger partial charge in [0, 0.05) is 24.8 Å². The number of likely N-dealkylation sites (tertiary alicyclic amines) is 1. The predicted octanol–water partition coefficient (Wildman–Crippen LogP) is 2.54. The van der Waals surface area contributed by atoms with E-state index in [9.17, 15) is 13.2 Å². The fraction of sp³-hybridized carbons (Fsp3) is 0.400. The van der Waals surface area contributed by atoms with Crippen LogP contribution in [0, 0.1) is 6.92 Å². The highest BCUT2D eigenvalue weighted by molar-refractivity contribution is 5.88. The molecule has 1 saturated heterocycles. The van der Waals surface area contributed by atoms with Crippen molar-refractivity contribution in [1.29, 1.82) is 0 Å². The molecule has 0 aliphatic carbocycles. The van der Waals surface area contributed by atoms with Crippen molar-refractivity contribution in [3.8, 4) is 11.3 Å². The molecule has 0 radical (unpaired) electrons. The molecule has 0 unspecified atom stereocenters. The van der Waals surface area contributed by atoms with Crippen LogP contribution < -0.4 is 11.5 Å². The lowest BCUT2D eigenvalue weighted by atomic mass is 10.2. The number of hydrogen-bond donors (Lipinski definition) is 2. The van der Waals surface area contributed by atoms with E-state index in [1.165, 1.54) is 9.08 Å². The summed E-state index contributed by atoms with van der Waals surface area (Å²) in [6, 6.07) is 5.27. The Balaban J connectivity index is 0.000000300. The van der Waals surface area contributed by atoms with Crippen LogP contribution >= 0.6 is 0 Å². The van der Waals surface area contributed by atoms with Crippen molar-refractivity contribution in [2.75, 3.05) is 31.6 Å². The van der Waals surface area contributed by atoms with E-state index in [0.717, 1.165) is 13.0 Å². The molecule has 1 aliphatic rings. The van der Waals surface area contributed by atoms with Crippen molar-refractivity contribution in [1.82, 2.24) is 34.0 Å². The lowest BCUT2D eigenvalue weighted by molar-refractivity contribution is 0.127. The molecule has 1 fully saturated rings. The summed E-state index contributed by atoms with van der Waals surface area (Å²) in [4.78, 5) is 14.8. The Morgan fingerprint density at radius 2 is 1.94 bits per heavy atom. The Hall–Kier alpha value is -3.41. The van der Waals surface area contributed by atoms with Crippen molar-refractivity contribution in [2.45, 2.75) is 32.5 Å². The van der Waals surface area contributed by atoms with Gasteiger partial charge in [-0.2, -0.15) is 4.98 Å². The normalized spacial score (nSPS) is 16.8. The average Bonchev–Trinajstić information content (AvgIpc) is 3.39.